The summed E-state index contributed by atoms with van der Waals surface area (Å²) in [6, 6.07) is 20.8. The van der Waals surface area contributed by atoms with Crippen molar-refractivity contribution in [3.63, 3.8) is 0 Å². The van der Waals surface area contributed by atoms with Gasteiger partial charge in [-0.15, -0.1) is 5.10 Å². The van der Waals surface area contributed by atoms with E-state index < -0.39 is 0 Å². The normalized spacial score (nSPS) is 12.0. The zero-order valence-corrected chi connectivity index (χ0v) is 13.9. The predicted molar refractivity (Wildman–Crippen MR) is 97.3 cm³/mol. The molecule has 24 heavy (non-hydrogen) atoms. The minimum absolute atomic E-state index is 0.358. The fourth-order valence-corrected chi connectivity index (χ4v) is 2.55. The number of aromatic nitrogens is 3. The van der Waals surface area contributed by atoms with Crippen LogP contribution < -0.4 is 10.6 Å². The van der Waals surface area contributed by atoms with E-state index in [1.54, 1.807) is 0 Å². The Morgan fingerprint density at radius 3 is 2.46 bits per heavy atom. The zero-order chi connectivity index (χ0) is 16.6. The van der Waals surface area contributed by atoms with Crippen molar-refractivity contribution >= 4 is 11.6 Å². The number of anilines is 2. The SMILES string of the molecule is CC(NCCCc1nc(Nc2ccccc2)n[nH]1)c1ccccc1. The molecule has 1 aromatic heterocycles. The third kappa shape index (κ3) is 4.67. The van der Waals surface area contributed by atoms with E-state index in [0.29, 0.717) is 12.0 Å². The molecule has 0 aliphatic carbocycles. The van der Waals surface area contributed by atoms with Crippen LogP contribution in [0.4, 0.5) is 11.6 Å². The van der Waals surface area contributed by atoms with Crippen molar-refractivity contribution in [1.29, 1.82) is 0 Å². The average molecular weight is 321 g/mol. The Morgan fingerprint density at radius 2 is 1.71 bits per heavy atom. The number of benzene rings is 2. The summed E-state index contributed by atoms with van der Waals surface area (Å²) in [4.78, 5) is 4.47. The zero-order valence-electron chi connectivity index (χ0n) is 13.9. The number of hydrogen-bond donors (Lipinski definition) is 3. The van der Waals surface area contributed by atoms with Crippen molar-refractivity contribution in [3.05, 3.63) is 72.1 Å². The van der Waals surface area contributed by atoms with E-state index in [-0.39, 0.29) is 0 Å². The quantitative estimate of drug-likeness (QED) is 0.552. The molecule has 3 aromatic rings. The molecule has 0 bridgehead atoms. The smallest absolute Gasteiger partial charge is 0.246 e. The number of hydrogen-bond acceptors (Lipinski definition) is 4. The molecule has 1 atom stereocenters. The highest BCUT2D eigenvalue weighted by Gasteiger charge is 2.05. The molecule has 5 nitrogen and oxygen atoms in total. The van der Waals surface area contributed by atoms with Gasteiger partial charge < -0.3 is 10.6 Å². The van der Waals surface area contributed by atoms with Gasteiger partial charge in [0.25, 0.3) is 0 Å². The molecule has 5 heteroatoms. The largest absolute Gasteiger partial charge is 0.323 e. The lowest BCUT2D eigenvalue weighted by molar-refractivity contribution is 0.554. The van der Waals surface area contributed by atoms with Crippen LogP contribution in [0, 0.1) is 0 Å². The first-order valence-corrected chi connectivity index (χ1v) is 8.33. The van der Waals surface area contributed by atoms with Crippen molar-refractivity contribution in [3.8, 4) is 0 Å². The number of nitrogens with zero attached hydrogens (tertiary/aromatic N) is 2. The Bertz CT molecular complexity index is 724. The van der Waals surface area contributed by atoms with Gasteiger partial charge in [-0.05, 0) is 37.6 Å². The first-order chi connectivity index (χ1) is 11.8. The van der Waals surface area contributed by atoms with Crippen LogP contribution in [0.2, 0.25) is 0 Å². The highest BCUT2D eigenvalue weighted by Crippen LogP contribution is 2.13. The van der Waals surface area contributed by atoms with Crippen molar-refractivity contribution in [2.45, 2.75) is 25.8 Å². The lowest BCUT2D eigenvalue weighted by Crippen LogP contribution is -2.20. The predicted octanol–water partition coefficient (Wildman–Crippen LogP) is 3.83. The molecule has 0 aliphatic rings. The first kappa shape index (κ1) is 16.2. The summed E-state index contributed by atoms with van der Waals surface area (Å²) in [6.07, 6.45) is 1.88. The van der Waals surface area contributed by atoms with Gasteiger partial charge >= 0.3 is 0 Å². The van der Waals surface area contributed by atoms with E-state index >= 15 is 0 Å². The monoisotopic (exact) mass is 321 g/mol. The summed E-state index contributed by atoms with van der Waals surface area (Å²) in [7, 11) is 0. The number of rotatable bonds is 8. The van der Waals surface area contributed by atoms with Gasteiger partial charge in [0, 0.05) is 18.2 Å². The van der Waals surface area contributed by atoms with Crippen molar-refractivity contribution < 1.29 is 0 Å². The van der Waals surface area contributed by atoms with Crippen LogP contribution in [-0.2, 0) is 6.42 Å². The molecule has 0 spiro atoms. The molecule has 0 saturated heterocycles. The molecule has 1 unspecified atom stereocenters. The molecule has 3 N–H and O–H groups in total. The number of nitrogens with one attached hydrogen (secondary N) is 3. The van der Waals surface area contributed by atoms with Gasteiger partial charge in [0.15, 0.2) is 0 Å². The van der Waals surface area contributed by atoms with Crippen molar-refractivity contribution in [2.24, 2.45) is 0 Å². The van der Waals surface area contributed by atoms with E-state index in [2.05, 4.69) is 57.0 Å². The molecular formula is C19H23N5. The Morgan fingerprint density at radius 1 is 1.00 bits per heavy atom. The van der Waals surface area contributed by atoms with Gasteiger partial charge in [0.1, 0.15) is 5.82 Å². The molecule has 0 fully saturated rings. The van der Waals surface area contributed by atoms with Gasteiger partial charge in [0.05, 0.1) is 0 Å². The molecule has 3 rings (SSSR count). The topological polar surface area (TPSA) is 65.6 Å². The van der Waals surface area contributed by atoms with E-state index in [4.69, 9.17) is 0 Å². The summed E-state index contributed by atoms with van der Waals surface area (Å²) in [5, 5.41) is 13.9. The van der Waals surface area contributed by atoms with Crippen molar-refractivity contribution in [2.75, 3.05) is 11.9 Å². The van der Waals surface area contributed by atoms with Crippen LogP contribution in [0.25, 0.3) is 0 Å². The van der Waals surface area contributed by atoms with E-state index in [1.165, 1.54) is 5.56 Å². The number of H-pyrrole nitrogens is 1. The number of para-hydroxylation sites is 1. The van der Waals surface area contributed by atoms with Gasteiger partial charge in [0.2, 0.25) is 5.95 Å². The lowest BCUT2D eigenvalue weighted by atomic mass is 10.1. The lowest BCUT2D eigenvalue weighted by Gasteiger charge is -2.13. The highest BCUT2D eigenvalue weighted by atomic mass is 15.3. The molecule has 0 amide bonds. The first-order valence-electron chi connectivity index (χ1n) is 8.33. The molecular weight excluding hydrogens is 298 g/mol. The van der Waals surface area contributed by atoms with E-state index in [1.807, 2.05) is 36.4 Å². The van der Waals surface area contributed by atoms with Crippen LogP contribution >= 0.6 is 0 Å². The minimum atomic E-state index is 0.358. The molecule has 0 aliphatic heterocycles. The number of aryl methyl sites for hydroxylation is 1. The molecule has 1 heterocycles. The van der Waals surface area contributed by atoms with Crippen LogP contribution in [0.5, 0.6) is 0 Å². The maximum absolute atomic E-state index is 4.47. The summed E-state index contributed by atoms with van der Waals surface area (Å²) >= 11 is 0. The van der Waals surface area contributed by atoms with E-state index in [0.717, 1.165) is 30.9 Å². The Labute approximate surface area is 142 Å². The van der Waals surface area contributed by atoms with Crippen LogP contribution in [0.15, 0.2) is 60.7 Å². The Balaban J connectivity index is 1.41. The second-order valence-corrected chi connectivity index (χ2v) is 5.79. The summed E-state index contributed by atoms with van der Waals surface area (Å²) in [5.41, 5.74) is 2.30. The minimum Gasteiger partial charge on any atom is -0.323 e. The standard InChI is InChI=1S/C19H23N5/c1-15(16-9-4-2-5-10-16)20-14-8-13-18-22-19(24-23-18)21-17-11-6-3-7-12-17/h2-7,9-12,15,20H,8,13-14H2,1H3,(H2,21,22,23,24). The summed E-state index contributed by atoms with van der Waals surface area (Å²) in [5.74, 6) is 1.52. The fraction of sp³-hybridized carbons (Fsp3) is 0.263. The van der Waals surface area contributed by atoms with Crippen LogP contribution in [-0.4, -0.2) is 21.7 Å². The summed E-state index contributed by atoms with van der Waals surface area (Å²) in [6.45, 7) is 3.13. The van der Waals surface area contributed by atoms with Crippen molar-refractivity contribution in [1.82, 2.24) is 20.5 Å². The van der Waals surface area contributed by atoms with Gasteiger partial charge in [-0.25, -0.2) is 0 Å². The fourth-order valence-electron chi connectivity index (χ4n) is 2.55. The third-order valence-electron chi connectivity index (χ3n) is 3.90. The number of aromatic amines is 1. The molecule has 124 valence electrons. The van der Waals surface area contributed by atoms with E-state index in [9.17, 15) is 0 Å². The van der Waals surface area contributed by atoms with Crippen LogP contribution in [0.1, 0.15) is 30.8 Å². The maximum Gasteiger partial charge on any atom is 0.246 e. The Hall–Kier alpha value is -2.66. The second-order valence-electron chi connectivity index (χ2n) is 5.79. The second kappa shape index (κ2) is 8.26. The van der Waals surface area contributed by atoms with Gasteiger partial charge in [-0.2, -0.15) is 4.98 Å². The third-order valence-corrected chi connectivity index (χ3v) is 3.90. The molecule has 2 aromatic carbocycles. The molecule has 0 radical (unpaired) electrons. The maximum atomic E-state index is 4.47. The van der Waals surface area contributed by atoms with Crippen LogP contribution in [0.3, 0.4) is 0 Å². The Kier molecular flexibility index (Phi) is 5.58. The molecule has 0 saturated carbocycles. The highest BCUT2D eigenvalue weighted by molar-refractivity contribution is 5.52. The average Bonchev–Trinajstić information content (AvgIpc) is 3.07. The van der Waals surface area contributed by atoms with Gasteiger partial charge in [-0.1, -0.05) is 48.5 Å². The summed E-state index contributed by atoms with van der Waals surface area (Å²) < 4.78 is 0. The van der Waals surface area contributed by atoms with Gasteiger partial charge in [-0.3, -0.25) is 5.10 Å².